The predicted molar refractivity (Wildman–Crippen MR) is 65.4 cm³/mol. The molecule has 16 heavy (non-hydrogen) atoms. The Hall–Kier alpha value is -0.0800. The summed E-state index contributed by atoms with van der Waals surface area (Å²) in [6.45, 7) is 2.48. The van der Waals surface area contributed by atoms with Gasteiger partial charge < -0.3 is 5.11 Å². The summed E-state index contributed by atoms with van der Waals surface area (Å²) in [5.41, 5.74) is 0.196. The molecule has 2 aliphatic carbocycles. The van der Waals surface area contributed by atoms with Crippen molar-refractivity contribution < 1.29 is 5.11 Å². The lowest BCUT2D eigenvalue weighted by Gasteiger charge is -2.46. The SMILES string of the molecule is OC(C1CC1)C1(N2CCCCC2)CCCC1. The van der Waals surface area contributed by atoms with Crippen LogP contribution in [0.15, 0.2) is 0 Å². The van der Waals surface area contributed by atoms with Crippen LogP contribution in [0.4, 0.5) is 0 Å². The molecule has 1 unspecified atom stereocenters. The van der Waals surface area contributed by atoms with Crippen LogP contribution in [0.5, 0.6) is 0 Å². The quantitative estimate of drug-likeness (QED) is 0.795. The van der Waals surface area contributed by atoms with Gasteiger partial charge in [0.05, 0.1) is 6.10 Å². The number of aliphatic hydroxyl groups is 1. The Labute approximate surface area is 99.0 Å². The van der Waals surface area contributed by atoms with Crippen LogP contribution in [0.2, 0.25) is 0 Å². The molecular weight excluding hydrogens is 198 g/mol. The van der Waals surface area contributed by atoms with Gasteiger partial charge in [-0.2, -0.15) is 0 Å². The molecule has 0 aromatic heterocycles. The molecular formula is C14H25NO. The maximum absolute atomic E-state index is 10.6. The first-order valence-corrected chi connectivity index (χ1v) is 7.26. The largest absolute Gasteiger partial charge is 0.391 e. The van der Waals surface area contributed by atoms with Gasteiger partial charge in [0.2, 0.25) is 0 Å². The highest BCUT2D eigenvalue weighted by molar-refractivity contribution is 5.05. The Morgan fingerprint density at radius 2 is 1.56 bits per heavy atom. The first kappa shape index (κ1) is 11.0. The number of aliphatic hydroxyl groups excluding tert-OH is 1. The van der Waals surface area contributed by atoms with Crippen molar-refractivity contribution in [1.82, 2.24) is 4.90 Å². The molecule has 1 saturated heterocycles. The monoisotopic (exact) mass is 223 g/mol. The van der Waals surface area contributed by atoms with E-state index in [1.807, 2.05) is 0 Å². The molecule has 0 aromatic carbocycles. The van der Waals surface area contributed by atoms with E-state index in [0.29, 0.717) is 5.92 Å². The molecule has 0 aromatic rings. The molecule has 1 N–H and O–H groups in total. The predicted octanol–water partition coefficient (Wildman–Crippen LogP) is 2.56. The maximum Gasteiger partial charge on any atom is 0.0751 e. The van der Waals surface area contributed by atoms with E-state index in [1.165, 1.54) is 70.9 Å². The molecule has 1 atom stereocenters. The van der Waals surface area contributed by atoms with Gasteiger partial charge in [0.1, 0.15) is 0 Å². The minimum absolute atomic E-state index is 0.0203. The van der Waals surface area contributed by atoms with E-state index in [0.717, 1.165) is 0 Å². The normalized spacial score (nSPS) is 32.8. The van der Waals surface area contributed by atoms with Crippen LogP contribution in [-0.4, -0.2) is 34.7 Å². The first-order valence-electron chi connectivity index (χ1n) is 7.26. The molecule has 1 aliphatic heterocycles. The molecule has 3 aliphatic rings. The summed E-state index contributed by atoms with van der Waals surface area (Å²) < 4.78 is 0. The van der Waals surface area contributed by atoms with Gasteiger partial charge in [0.15, 0.2) is 0 Å². The van der Waals surface area contributed by atoms with Gasteiger partial charge in [0, 0.05) is 5.54 Å². The van der Waals surface area contributed by atoms with Gasteiger partial charge in [-0.25, -0.2) is 0 Å². The Bertz CT molecular complexity index is 237. The third-order valence-electron chi connectivity index (χ3n) is 5.07. The number of piperidine rings is 1. The van der Waals surface area contributed by atoms with E-state index >= 15 is 0 Å². The zero-order valence-corrected chi connectivity index (χ0v) is 10.3. The van der Waals surface area contributed by atoms with Crippen molar-refractivity contribution in [3.8, 4) is 0 Å². The highest BCUT2D eigenvalue weighted by Gasteiger charge is 2.50. The average molecular weight is 223 g/mol. The Kier molecular flexibility index (Phi) is 2.97. The number of nitrogens with zero attached hydrogens (tertiary/aromatic N) is 1. The highest BCUT2D eigenvalue weighted by atomic mass is 16.3. The molecule has 92 valence electrons. The van der Waals surface area contributed by atoms with Crippen molar-refractivity contribution >= 4 is 0 Å². The Balaban J connectivity index is 1.77. The van der Waals surface area contributed by atoms with Crippen LogP contribution in [0.3, 0.4) is 0 Å². The summed E-state index contributed by atoms with van der Waals surface area (Å²) in [5.74, 6) is 0.639. The van der Waals surface area contributed by atoms with Crippen molar-refractivity contribution in [3.63, 3.8) is 0 Å². The van der Waals surface area contributed by atoms with E-state index < -0.39 is 0 Å². The van der Waals surface area contributed by atoms with Crippen LogP contribution in [0.25, 0.3) is 0 Å². The second-order valence-electron chi connectivity index (χ2n) is 6.14. The lowest BCUT2D eigenvalue weighted by molar-refractivity contribution is -0.0489. The second kappa shape index (κ2) is 4.30. The third kappa shape index (κ3) is 1.80. The molecule has 2 heteroatoms. The van der Waals surface area contributed by atoms with Gasteiger partial charge in [-0.05, 0) is 57.5 Å². The average Bonchev–Trinajstić information content (AvgIpc) is 3.07. The number of likely N-dealkylation sites (tertiary alicyclic amines) is 1. The highest BCUT2D eigenvalue weighted by Crippen LogP contribution is 2.47. The van der Waals surface area contributed by atoms with E-state index in [9.17, 15) is 5.11 Å². The van der Waals surface area contributed by atoms with Gasteiger partial charge in [-0.1, -0.05) is 19.3 Å². The third-order valence-corrected chi connectivity index (χ3v) is 5.07. The molecule has 0 amide bonds. The molecule has 0 spiro atoms. The fourth-order valence-electron chi connectivity index (χ4n) is 3.98. The van der Waals surface area contributed by atoms with Crippen LogP contribution in [-0.2, 0) is 0 Å². The van der Waals surface area contributed by atoms with Gasteiger partial charge in [0.25, 0.3) is 0 Å². The maximum atomic E-state index is 10.6. The Morgan fingerprint density at radius 3 is 2.12 bits per heavy atom. The topological polar surface area (TPSA) is 23.5 Å². The zero-order chi connectivity index (χ0) is 11.0. The summed E-state index contributed by atoms with van der Waals surface area (Å²) in [7, 11) is 0. The van der Waals surface area contributed by atoms with Crippen molar-refractivity contribution in [2.24, 2.45) is 5.92 Å². The second-order valence-corrected chi connectivity index (χ2v) is 6.14. The molecule has 1 heterocycles. The molecule has 0 bridgehead atoms. The Morgan fingerprint density at radius 1 is 0.938 bits per heavy atom. The van der Waals surface area contributed by atoms with Crippen molar-refractivity contribution in [2.75, 3.05) is 13.1 Å². The standard InChI is InChI=1S/C14H25NO/c16-13(12-6-7-12)14(8-2-3-9-14)15-10-4-1-5-11-15/h12-13,16H,1-11H2. The van der Waals surface area contributed by atoms with Crippen molar-refractivity contribution in [1.29, 1.82) is 0 Å². The summed E-state index contributed by atoms with van der Waals surface area (Å²) in [6, 6.07) is 0. The van der Waals surface area contributed by atoms with Crippen LogP contribution in [0.1, 0.15) is 57.8 Å². The summed E-state index contributed by atoms with van der Waals surface area (Å²) in [5, 5.41) is 10.6. The fraction of sp³-hybridized carbons (Fsp3) is 1.00. The number of hydrogen-bond donors (Lipinski definition) is 1. The van der Waals surface area contributed by atoms with Gasteiger partial charge in [-0.3, -0.25) is 4.90 Å². The molecule has 3 fully saturated rings. The van der Waals surface area contributed by atoms with Crippen LogP contribution in [0, 0.1) is 5.92 Å². The summed E-state index contributed by atoms with van der Waals surface area (Å²) in [6.07, 6.45) is 11.8. The molecule has 0 radical (unpaired) electrons. The van der Waals surface area contributed by atoms with Crippen LogP contribution >= 0.6 is 0 Å². The van der Waals surface area contributed by atoms with Gasteiger partial charge >= 0.3 is 0 Å². The fourth-order valence-corrected chi connectivity index (χ4v) is 3.98. The van der Waals surface area contributed by atoms with Crippen LogP contribution < -0.4 is 0 Å². The minimum atomic E-state index is -0.0203. The lowest BCUT2D eigenvalue weighted by atomic mass is 9.84. The minimum Gasteiger partial charge on any atom is -0.391 e. The number of rotatable bonds is 3. The van der Waals surface area contributed by atoms with Crippen molar-refractivity contribution in [2.45, 2.75) is 69.4 Å². The van der Waals surface area contributed by atoms with E-state index in [1.54, 1.807) is 0 Å². The molecule has 2 nitrogen and oxygen atoms in total. The molecule has 2 saturated carbocycles. The zero-order valence-electron chi connectivity index (χ0n) is 10.3. The van der Waals surface area contributed by atoms with E-state index in [4.69, 9.17) is 0 Å². The summed E-state index contributed by atoms with van der Waals surface area (Å²) in [4.78, 5) is 2.66. The summed E-state index contributed by atoms with van der Waals surface area (Å²) >= 11 is 0. The van der Waals surface area contributed by atoms with Crippen molar-refractivity contribution in [3.05, 3.63) is 0 Å². The molecule has 3 rings (SSSR count). The van der Waals surface area contributed by atoms with E-state index in [2.05, 4.69) is 4.90 Å². The number of hydrogen-bond acceptors (Lipinski definition) is 2. The van der Waals surface area contributed by atoms with Gasteiger partial charge in [-0.15, -0.1) is 0 Å². The lowest BCUT2D eigenvalue weighted by Crippen LogP contribution is -2.57. The smallest absolute Gasteiger partial charge is 0.0751 e. The first-order chi connectivity index (χ1) is 7.83. The van der Waals surface area contributed by atoms with E-state index in [-0.39, 0.29) is 11.6 Å².